The maximum atomic E-state index is 12.9. The average molecular weight is 496 g/mol. The second kappa shape index (κ2) is 11.1. The minimum Gasteiger partial charge on any atom is -0.503 e. The van der Waals surface area contributed by atoms with Gasteiger partial charge < -0.3 is 15.2 Å². The molecule has 3 aromatic rings. The van der Waals surface area contributed by atoms with E-state index in [1.165, 1.54) is 13.3 Å². The number of amides is 2. The summed E-state index contributed by atoms with van der Waals surface area (Å²) in [7, 11) is 1.44. The summed E-state index contributed by atoms with van der Waals surface area (Å²) < 4.78 is 5.51. The third kappa shape index (κ3) is 5.95. The predicted molar refractivity (Wildman–Crippen MR) is 126 cm³/mol. The Balaban J connectivity index is 1.61. The van der Waals surface area contributed by atoms with Crippen molar-refractivity contribution in [2.24, 2.45) is 5.10 Å². The Bertz CT molecular complexity index is 1070. The van der Waals surface area contributed by atoms with Gasteiger partial charge in [0, 0.05) is 0 Å². The highest BCUT2D eigenvalue weighted by Crippen LogP contribution is 2.34. The van der Waals surface area contributed by atoms with Gasteiger partial charge in [0.25, 0.3) is 5.91 Å². The van der Waals surface area contributed by atoms with E-state index in [0.717, 1.165) is 11.1 Å². The highest BCUT2D eigenvalue weighted by molar-refractivity contribution is 9.10. The largest absolute Gasteiger partial charge is 0.503 e. The van der Waals surface area contributed by atoms with Gasteiger partial charge in [-0.05, 0) is 44.8 Å². The Morgan fingerprint density at radius 2 is 1.66 bits per heavy atom. The Kier molecular flexibility index (Phi) is 7.99. The number of carbonyl (C=O) groups is 2. The molecule has 0 fully saturated rings. The van der Waals surface area contributed by atoms with Crippen molar-refractivity contribution in [1.29, 1.82) is 0 Å². The molecule has 0 aromatic heterocycles. The second-order valence-electron chi connectivity index (χ2n) is 6.82. The lowest BCUT2D eigenvalue weighted by molar-refractivity contribution is -0.126. The summed E-state index contributed by atoms with van der Waals surface area (Å²) in [6.07, 6.45) is 1.41. The van der Waals surface area contributed by atoms with Crippen molar-refractivity contribution in [3.63, 3.8) is 0 Å². The van der Waals surface area contributed by atoms with Gasteiger partial charge in [0.2, 0.25) is 5.91 Å². The van der Waals surface area contributed by atoms with Crippen molar-refractivity contribution in [2.75, 3.05) is 13.7 Å². The summed E-state index contributed by atoms with van der Waals surface area (Å²) in [6.45, 7) is -0.227. The van der Waals surface area contributed by atoms with Gasteiger partial charge >= 0.3 is 0 Å². The molecular formula is C24H22BrN3O4. The lowest BCUT2D eigenvalue weighted by atomic mass is 9.90. The van der Waals surface area contributed by atoms with E-state index >= 15 is 0 Å². The fourth-order valence-corrected chi connectivity index (χ4v) is 3.56. The molecule has 0 spiro atoms. The average Bonchev–Trinajstić information content (AvgIpc) is 2.81. The number of halogens is 1. The van der Waals surface area contributed by atoms with Crippen LogP contribution in [0.25, 0.3) is 0 Å². The lowest BCUT2D eigenvalue weighted by Gasteiger charge is -2.17. The van der Waals surface area contributed by atoms with Crippen LogP contribution in [0, 0.1) is 0 Å². The van der Waals surface area contributed by atoms with E-state index in [0.29, 0.717) is 10.0 Å². The number of nitrogens with zero attached hydrogens (tertiary/aromatic N) is 1. The molecule has 32 heavy (non-hydrogen) atoms. The topological polar surface area (TPSA) is 100 Å². The molecule has 0 heterocycles. The smallest absolute Gasteiger partial charge is 0.259 e. The first kappa shape index (κ1) is 23.0. The maximum Gasteiger partial charge on any atom is 0.259 e. The van der Waals surface area contributed by atoms with E-state index in [1.807, 2.05) is 60.7 Å². The first-order valence-corrected chi connectivity index (χ1v) is 10.5. The molecule has 3 aromatic carbocycles. The number of ether oxygens (including phenoxy) is 1. The summed E-state index contributed by atoms with van der Waals surface area (Å²) in [4.78, 5) is 25.1. The maximum absolute atomic E-state index is 12.9. The van der Waals surface area contributed by atoms with Crippen LogP contribution in [0.4, 0.5) is 0 Å². The van der Waals surface area contributed by atoms with Gasteiger partial charge in [0.1, 0.15) is 0 Å². The lowest BCUT2D eigenvalue weighted by Crippen LogP contribution is -2.37. The molecule has 2 amide bonds. The number of phenols is 1. The molecule has 0 bridgehead atoms. The van der Waals surface area contributed by atoms with E-state index in [2.05, 4.69) is 31.8 Å². The zero-order valence-electron chi connectivity index (χ0n) is 17.3. The number of hydrogen-bond donors (Lipinski definition) is 3. The molecule has 8 heteroatoms. The van der Waals surface area contributed by atoms with Crippen molar-refractivity contribution in [3.8, 4) is 11.5 Å². The van der Waals surface area contributed by atoms with Crippen molar-refractivity contribution < 1.29 is 19.4 Å². The summed E-state index contributed by atoms with van der Waals surface area (Å²) >= 11 is 3.22. The number of aromatic hydroxyl groups is 1. The van der Waals surface area contributed by atoms with Crippen LogP contribution in [0.3, 0.4) is 0 Å². The van der Waals surface area contributed by atoms with Crippen LogP contribution in [-0.4, -0.2) is 36.8 Å². The number of carbonyl (C=O) groups excluding carboxylic acids is 2. The van der Waals surface area contributed by atoms with Gasteiger partial charge in [-0.1, -0.05) is 60.7 Å². The van der Waals surface area contributed by atoms with Crippen molar-refractivity contribution in [1.82, 2.24) is 10.7 Å². The Labute approximate surface area is 194 Å². The number of hydrogen-bond acceptors (Lipinski definition) is 5. The van der Waals surface area contributed by atoms with Gasteiger partial charge in [-0.25, -0.2) is 5.43 Å². The Hall–Kier alpha value is -3.65. The molecule has 3 rings (SSSR count). The van der Waals surface area contributed by atoms with Crippen LogP contribution in [0.15, 0.2) is 82.4 Å². The first-order valence-electron chi connectivity index (χ1n) is 9.75. The molecular weight excluding hydrogens is 474 g/mol. The van der Waals surface area contributed by atoms with E-state index in [-0.39, 0.29) is 24.0 Å². The standard InChI is InChI=1S/C24H22BrN3O4/c1-32-20-13-16(12-19(25)23(20)30)14-27-28-21(29)15-26-24(31)22(17-8-4-2-5-9-17)18-10-6-3-7-11-18/h2-14,22,30H,15H2,1H3,(H,26,31)(H,28,29)/b27-14-. The number of methoxy groups -OCH3 is 1. The molecule has 0 unspecified atom stereocenters. The number of benzene rings is 3. The van der Waals surface area contributed by atoms with Crippen LogP contribution in [0.2, 0.25) is 0 Å². The van der Waals surface area contributed by atoms with Crippen molar-refractivity contribution in [2.45, 2.75) is 5.92 Å². The molecule has 0 atom stereocenters. The third-order valence-electron chi connectivity index (χ3n) is 4.62. The van der Waals surface area contributed by atoms with Crippen LogP contribution < -0.4 is 15.5 Å². The molecule has 0 aliphatic carbocycles. The van der Waals surface area contributed by atoms with Gasteiger partial charge in [-0.3, -0.25) is 9.59 Å². The number of nitrogens with one attached hydrogen (secondary N) is 2. The molecule has 0 aliphatic rings. The van der Waals surface area contributed by atoms with E-state index < -0.39 is 11.8 Å². The fraction of sp³-hybridized carbons (Fsp3) is 0.125. The highest BCUT2D eigenvalue weighted by Gasteiger charge is 2.22. The van der Waals surface area contributed by atoms with Crippen molar-refractivity contribution >= 4 is 34.0 Å². The first-order chi connectivity index (χ1) is 15.5. The predicted octanol–water partition coefficient (Wildman–Crippen LogP) is 3.56. The fourth-order valence-electron chi connectivity index (χ4n) is 3.10. The molecule has 0 saturated heterocycles. The van der Waals surface area contributed by atoms with Gasteiger partial charge in [-0.15, -0.1) is 0 Å². The van der Waals surface area contributed by atoms with Crippen LogP contribution >= 0.6 is 15.9 Å². The van der Waals surface area contributed by atoms with E-state index in [1.54, 1.807) is 12.1 Å². The summed E-state index contributed by atoms with van der Waals surface area (Å²) in [6, 6.07) is 22.0. The zero-order valence-corrected chi connectivity index (χ0v) is 18.9. The molecule has 7 nitrogen and oxygen atoms in total. The number of phenolic OH excluding ortho intramolecular Hbond substituents is 1. The molecule has 164 valence electrons. The van der Waals surface area contributed by atoms with E-state index in [4.69, 9.17) is 4.74 Å². The summed E-state index contributed by atoms with van der Waals surface area (Å²) in [5.74, 6) is -1.04. The van der Waals surface area contributed by atoms with Gasteiger partial charge in [-0.2, -0.15) is 5.10 Å². The molecule has 0 saturated carbocycles. The Morgan fingerprint density at radius 3 is 2.22 bits per heavy atom. The highest BCUT2D eigenvalue weighted by atomic mass is 79.9. The van der Waals surface area contributed by atoms with E-state index in [9.17, 15) is 14.7 Å². The van der Waals surface area contributed by atoms with Gasteiger partial charge in [0.15, 0.2) is 11.5 Å². The van der Waals surface area contributed by atoms with Crippen LogP contribution in [0.1, 0.15) is 22.6 Å². The quantitative estimate of drug-likeness (QED) is 0.328. The SMILES string of the molecule is COc1cc(/C=N\NC(=O)CNC(=O)C(c2ccccc2)c2ccccc2)cc(Br)c1O. The number of hydrazone groups is 1. The molecule has 0 aliphatic heterocycles. The Morgan fingerprint density at radius 1 is 1.06 bits per heavy atom. The summed E-state index contributed by atoms with van der Waals surface area (Å²) in [5.41, 5.74) is 4.64. The third-order valence-corrected chi connectivity index (χ3v) is 5.23. The monoisotopic (exact) mass is 495 g/mol. The number of rotatable bonds is 8. The normalized spacial score (nSPS) is 10.8. The minimum atomic E-state index is -0.532. The zero-order chi connectivity index (χ0) is 22.9. The van der Waals surface area contributed by atoms with Crippen LogP contribution in [0.5, 0.6) is 11.5 Å². The van der Waals surface area contributed by atoms with Crippen LogP contribution in [-0.2, 0) is 9.59 Å². The molecule has 0 radical (unpaired) electrons. The molecule has 3 N–H and O–H groups in total. The summed E-state index contributed by atoms with van der Waals surface area (Å²) in [5, 5.41) is 16.4. The second-order valence-corrected chi connectivity index (χ2v) is 7.67. The van der Waals surface area contributed by atoms with Crippen molar-refractivity contribution in [3.05, 3.63) is 94.0 Å². The minimum absolute atomic E-state index is 0.0252. The van der Waals surface area contributed by atoms with Gasteiger partial charge in [0.05, 0.1) is 30.3 Å².